The number of aliphatic hydroxyl groups is 5. The molecule has 1 saturated heterocycles. The summed E-state index contributed by atoms with van der Waals surface area (Å²) >= 11 is 0. The van der Waals surface area contributed by atoms with Crippen molar-refractivity contribution in [3.63, 3.8) is 0 Å². The van der Waals surface area contributed by atoms with Crippen LogP contribution in [0.4, 0.5) is 0 Å². The summed E-state index contributed by atoms with van der Waals surface area (Å²) in [5, 5.41) is 86.5. The number of phosphoric ester groups is 1. The van der Waals surface area contributed by atoms with Gasteiger partial charge in [0, 0.05) is 25.9 Å². The highest BCUT2D eigenvalue weighted by Crippen LogP contribution is 2.36. The van der Waals surface area contributed by atoms with Crippen molar-refractivity contribution in [1.29, 1.82) is 0 Å². The number of aliphatic carboxylic acids is 1. The van der Waals surface area contributed by atoms with E-state index in [-0.39, 0.29) is 76.5 Å². The van der Waals surface area contributed by atoms with Crippen LogP contribution in [0.2, 0.25) is 0 Å². The van der Waals surface area contributed by atoms with Gasteiger partial charge in [-0.2, -0.15) is 0 Å². The number of primary amides is 2. The van der Waals surface area contributed by atoms with Gasteiger partial charge in [0.15, 0.2) is 12.0 Å². The number of phosphoric acid groups is 1. The van der Waals surface area contributed by atoms with Gasteiger partial charge in [0.05, 0.1) is 50.6 Å². The van der Waals surface area contributed by atoms with Crippen LogP contribution in [0.1, 0.15) is 111 Å². The number of hydrogen-bond donors (Lipinski definition) is 25. The summed E-state index contributed by atoms with van der Waals surface area (Å²) in [5.74, 6) is -19.0. The summed E-state index contributed by atoms with van der Waals surface area (Å²) in [4.78, 5) is 227. The van der Waals surface area contributed by atoms with Crippen LogP contribution in [-0.2, 0) is 87.4 Å². The Bertz CT molecular complexity index is 3290. The Balaban J connectivity index is 2.51. The molecule has 1 aromatic rings. The van der Waals surface area contributed by atoms with E-state index in [1.54, 1.807) is 32.0 Å². The molecule has 0 spiro atoms. The number of guanidine groups is 1. The number of carbonyl (C=O) groups is 15. The Hall–Kier alpha value is -9.63. The average Bonchev–Trinajstić information content (AvgIpc) is 1.68. The molecule has 1 aliphatic rings. The SMILES string of the molecule is CC[C@H](C)[C@H](N)C(=O)N[C@@H](CO)C(=O)N[C@@H](CCCN=C(N)N)C(=O)N[C@@H](CO)C(=O)N[C@H](C(=O)N[C@@H](COP(=O)(O)O)C(=O)N1CCC[C@H]1C(=O)N[C@H](C(=O)N[C@@H](Cc1ccccc1)C(=O)N[C@@H](CC(N)=O)C(=O)N[C@@H](CCCCN)C(=O)N[C@@H](CCC(N)=O)C(=O)N[C@H](C(=O)O)[C@@H](C)O)[C@@H](C)O)[C@@H](C)O. The number of nitrogens with zero attached hydrogens (tertiary/aromatic N) is 2. The van der Waals surface area contributed by atoms with Gasteiger partial charge in [-0.25, -0.2) is 9.36 Å². The molecule has 1 aliphatic heterocycles. The highest BCUT2D eigenvalue weighted by atomic mass is 31.2. The molecule has 0 unspecified atom stereocenters. The Kier molecular flexibility index (Phi) is 40.6. The number of rotatable bonds is 49. The number of carboxylic acids is 1. The van der Waals surface area contributed by atoms with Gasteiger partial charge < -0.3 is 138 Å². The number of benzene rings is 1. The predicted octanol–water partition coefficient (Wildman–Crippen LogP) is -11.4. The van der Waals surface area contributed by atoms with Gasteiger partial charge in [0.1, 0.15) is 66.5 Å². The van der Waals surface area contributed by atoms with Crippen LogP contribution in [-0.4, -0.2) is 276 Å². The minimum Gasteiger partial charge on any atom is -0.480 e. The minimum absolute atomic E-state index is 0.00456. The van der Waals surface area contributed by atoms with Crippen molar-refractivity contribution in [2.45, 2.75) is 209 Å². The first-order valence-corrected chi connectivity index (χ1v) is 35.6. The van der Waals surface area contributed by atoms with Crippen molar-refractivity contribution in [3.05, 3.63) is 35.9 Å². The summed E-state index contributed by atoms with van der Waals surface area (Å²) < 4.78 is 16.7. The Labute approximate surface area is 614 Å². The molecule has 45 heteroatoms. The standard InChI is InChI=1S/C62H104N19O25P/c1-6-29(2)45(66)57(97)76-39(26-82)54(94)71-35(17-12-22-69-62(67)68)50(90)75-40(27-83)55(95)78-46(30(3)84)59(99)77-41(28-106-107(103,104)105)60(100)81-23-13-18-42(81)56(96)79-47(31(4)85)58(98)74-37(24-33-14-8-7-9-15-33)52(92)73-38(25-44(65)88)53(93)70-34(16-10-11-21-63)49(89)72-36(19-20-43(64)87)51(91)80-48(32(5)86)61(101)102/h7-9,14-15,29-32,34-42,45-48,82-86H,6,10-13,16-28,63,66H2,1-5H3,(H2,64,87)(H2,65,88)(H,70,93)(H,71,94)(H,72,89)(H,73,92)(H,74,98)(H,75,90)(H,76,97)(H,77,99)(H,78,95)(H,79,96)(H,80,91)(H,101,102)(H4,67,68,69)(H2,103,104,105)/t29-,30+,31+,32+,34-,35-,36-,37-,38-,39-,40-,41-,42-,45-,46-,47-,48-/m0/s1. The van der Waals surface area contributed by atoms with Crippen LogP contribution in [0.5, 0.6) is 0 Å². The van der Waals surface area contributed by atoms with Gasteiger partial charge in [-0.15, -0.1) is 0 Å². The molecule has 1 fully saturated rings. The number of unbranched alkanes of at least 4 members (excludes halogenated alkanes) is 1. The summed E-state index contributed by atoms with van der Waals surface area (Å²) in [6.07, 6.45) is -7.71. The number of likely N-dealkylation sites (tertiary alicyclic amines) is 1. The van der Waals surface area contributed by atoms with Gasteiger partial charge in [-0.3, -0.25) is 76.6 Å². The Morgan fingerprint density at radius 3 is 1.49 bits per heavy atom. The molecule has 0 radical (unpaired) electrons. The molecule has 602 valence electrons. The molecule has 1 heterocycles. The van der Waals surface area contributed by atoms with Crippen LogP contribution in [0.15, 0.2) is 35.3 Å². The molecule has 1 aromatic carbocycles. The second kappa shape index (κ2) is 46.4. The average molecular weight is 1550 g/mol. The molecule has 0 aromatic heterocycles. The molecule has 107 heavy (non-hydrogen) atoms. The van der Waals surface area contributed by atoms with Gasteiger partial charge >= 0.3 is 13.8 Å². The van der Waals surface area contributed by atoms with Crippen molar-refractivity contribution < 1.29 is 121 Å². The molecule has 0 saturated carbocycles. The first kappa shape index (κ1) is 93.5. The highest BCUT2D eigenvalue weighted by molar-refractivity contribution is 7.46. The van der Waals surface area contributed by atoms with E-state index < -0.39 is 239 Å². The molecule has 0 bridgehead atoms. The zero-order valence-electron chi connectivity index (χ0n) is 59.8. The third-order valence-corrected chi connectivity index (χ3v) is 17.1. The second-order valence-corrected chi connectivity index (χ2v) is 26.6. The lowest BCUT2D eigenvalue weighted by Gasteiger charge is -2.31. The van der Waals surface area contributed by atoms with E-state index in [2.05, 4.69) is 68.0 Å². The third kappa shape index (κ3) is 33.0. The van der Waals surface area contributed by atoms with Crippen molar-refractivity contribution in [3.8, 4) is 0 Å². The van der Waals surface area contributed by atoms with E-state index in [1.165, 1.54) is 12.1 Å². The first-order valence-electron chi connectivity index (χ1n) is 34.1. The topological polar surface area (TPSA) is 748 Å². The highest BCUT2D eigenvalue weighted by Gasteiger charge is 2.43. The molecule has 14 amide bonds. The third-order valence-electron chi connectivity index (χ3n) is 16.6. The summed E-state index contributed by atoms with van der Waals surface area (Å²) in [7, 11) is -5.52. The van der Waals surface area contributed by atoms with Crippen LogP contribution < -0.4 is 92.9 Å². The number of aliphatic hydroxyl groups excluding tert-OH is 5. The molecule has 31 N–H and O–H groups in total. The fourth-order valence-electron chi connectivity index (χ4n) is 10.4. The number of carbonyl (C=O) groups excluding carboxylic acids is 14. The summed E-state index contributed by atoms with van der Waals surface area (Å²) in [6, 6.07) is -15.6. The quantitative estimate of drug-likeness (QED) is 0.0125. The molecule has 44 nitrogen and oxygen atoms in total. The van der Waals surface area contributed by atoms with Crippen molar-refractivity contribution in [2.24, 2.45) is 45.3 Å². The predicted molar refractivity (Wildman–Crippen MR) is 373 cm³/mol. The Morgan fingerprint density at radius 1 is 0.561 bits per heavy atom. The molecule has 2 rings (SSSR count). The van der Waals surface area contributed by atoms with Crippen LogP contribution in [0, 0.1) is 5.92 Å². The van der Waals surface area contributed by atoms with E-state index in [0.717, 1.165) is 25.7 Å². The van der Waals surface area contributed by atoms with Gasteiger partial charge in [0.25, 0.3) is 0 Å². The van der Waals surface area contributed by atoms with E-state index >= 15 is 0 Å². The summed E-state index contributed by atoms with van der Waals surface area (Å²) in [6.45, 7) is 2.57. The maximum atomic E-state index is 14.5. The first-order chi connectivity index (χ1) is 50.1. The number of nitrogens with one attached hydrogen (secondary N) is 11. The largest absolute Gasteiger partial charge is 0.480 e. The van der Waals surface area contributed by atoms with Crippen LogP contribution in [0.3, 0.4) is 0 Å². The van der Waals surface area contributed by atoms with Crippen molar-refractivity contribution >= 4 is 102 Å². The summed E-state index contributed by atoms with van der Waals surface area (Å²) in [5.41, 5.74) is 33.6. The normalized spacial score (nSPS) is 17.3. The fraction of sp³-hybridized carbons (Fsp3) is 0.645. The van der Waals surface area contributed by atoms with E-state index in [4.69, 9.17) is 34.4 Å². The minimum atomic E-state index is -5.52. The zero-order valence-corrected chi connectivity index (χ0v) is 60.6. The smallest absolute Gasteiger partial charge is 0.469 e. The van der Waals surface area contributed by atoms with Crippen LogP contribution in [0.25, 0.3) is 0 Å². The fourth-order valence-corrected chi connectivity index (χ4v) is 10.8. The number of amides is 14. The van der Waals surface area contributed by atoms with Crippen molar-refractivity contribution in [1.82, 2.24) is 63.4 Å². The lowest BCUT2D eigenvalue weighted by atomic mass is 9.99. The van der Waals surface area contributed by atoms with E-state index in [1.807, 2.05) is 0 Å². The van der Waals surface area contributed by atoms with Gasteiger partial charge in [-0.1, -0.05) is 50.6 Å². The molecule has 0 aliphatic carbocycles. The number of aliphatic imine (C=N–C) groups is 1. The maximum Gasteiger partial charge on any atom is 0.469 e. The number of nitrogens with two attached hydrogens (primary N) is 6. The number of carboxylic acid groups (broad SMARTS) is 1. The number of hydrogen-bond acceptors (Lipinski definition) is 25. The maximum absolute atomic E-state index is 14.5. The van der Waals surface area contributed by atoms with Gasteiger partial charge in [-0.05, 0) is 90.2 Å². The lowest BCUT2D eigenvalue weighted by Crippen LogP contribution is -2.63. The molecular weight excluding hydrogens is 1440 g/mol. The van der Waals surface area contributed by atoms with E-state index in [0.29, 0.717) is 12.0 Å². The lowest BCUT2D eigenvalue weighted by molar-refractivity contribution is -0.145. The van der Waals surface area contributed by atoms with Crippen molar-refractivity contribution in [2.75, 3.05) is 39.5 Å². The Morgan fingerprint density at radius 2 is 1.00 bits per heavy atom. The van der Waals surface area contributed by atoms with E-state index in [9.17, 15) is 117 Å². The van der Waals surface area contributed by atoms with Gasteiger partial charge in [0.2, 0.25) is 82.7 Å². The second-order valence-electron chi connectivity index (χ2n) is 25.4. The van der Waals surface area contributed by atoms with Crippen LogP contribution >= 0.6 is 7.82 Å². The monoisotopic (exact) mass is 1550 g/mol. The molecular formula is C62H104N19O25P. The zero-order chi connectivity index (χ0) is 81.2. The molecule has 17 atom stereocenters.